The second-order valence-corrected chi connectivity index (χ2v) is 2.59. The number of hydrogen-bond donors (Lipinski definition) is 2. The van der Waals surface area contributed by atoms with Crippen LogP contribution in [-0.4, -0.2) is 16.6 Å². The van der Waals surface area contributed by atoms with Gasteiger partial charge in [-0.3, -0.25) is 4.98 Å². The molecule has 0 aromatic carbocycles. The minimum atomic E-state index is -0.688. The average Bonchev–Trinajstić information content (AvgIpc) is 2.05. The Balaban J connectivity index is 2.81. The quantitative estimate of drug-likeness (QED) is 0.692. The molecular weight excluding hydrogens is 164 g/mol. The van der Waals surface area contributed by atoms with Crippen molar-refractivity contribution in [2.24, 2.45) is 5.73 Å². The number of nitrogens with zero attached hydrogens (tertiary/aromatic N) is 1. The fourth-order valence-electron chi connectivity index (χ4n) is 0.705. The van der Waals surface area contributed by atoms with E-state index in [2.05, 4.69) is 4.98 Å². The first-order valence-corrected chi connectivity index (χ1v) is 3.61. The standard InChI is InChI=1S/C7H9ClN2O/c8-5-1-2-6(10-4-5)7(11)3-9/h1-2,4,7,11H,3,9H2/t7-/m1/s1. The van der Waals surface area contributed by atoms with Crippen LogP contribution in [0.1, 0.15) is 11.8 Å². The van der Waals surface area contributed by atoms with Gasteiger partial charge in [-0.2, -0.15) is 0 Å². The molecule has 0 aliphatic heterocycles. The summed E-state index contributed by atoms with van der Waals surface area (Å²) in [5.41, 5.74) is 5.77. The Kier molecular flexibility index (Phi) is 2.82. The van der Waals surface area contributed by atoms with Crippen molar-refractivity contribution in [2.45, 2.75) is 6.10 Å². The summed E-state index contributed by atoms with van der Waals surface area (Å²) in [7, 11) is 0. The van der Waals surface area contributed by atoms with Crippen LogP contribution in [0.3, 0.4) is 0 Å². The monoisotopic (exact) mass is 172 g/mol. The molecule has 0 fully saturated rings. The van der Waals surface area contributed by atoms with Crippen LogP contribution in [0.5, 0.6) is 0 Å². The highest BCUT2D eigenvalue weighted by Gasteiger charge is 2.04. The summed E-state index contributed by atoms with van der Waals surface area (Å²) in [5, 5.41) is 9.74. The van der Waals surface area contributed by atoms with Gasteiger partial charge in [-0.05, 0) is 12.1 Å². The molecule has 0 bridgehead atoms. The van der Waals surface area contributed by atoms with Gasteiger partial charge in [0.1, 0.15) is 6.10 Å². The fourth-order valence-corrected chi connectivity index (χ4v) is 0.817. The number of hydrogen-bond acceptors (Lipinski definition) is 3. The topological polar surface area (TPSA) is 59.1 Å². The van der Waals surface area contributed by atoms with Crippen molar-refractivity contribution in [3.63, 3.8) is 0 Å². The van der Waals surface area contributed by atoms with E-state index in [4.69, 9.17) is 17.3 Å². The molecule has 0 amide bonds. The number of aliphatic hydroxyl groups excluding tert-OH is 1. The summed E-state index contributed by atoms with van der Waals surface area (Å²) in [6, 6.07) is 3.32. The number of aliphatic hydroxyl groups is 1. The minimum absolute atomic E-state index is 0.175. The van der Waals surface area contributed by atoms with Crippen LogP contribution >= 0.6 is 11.6 Å². The number of aromatic nitrogens is 1. The smallest absolute Gasteiger partial charge is 0.108 e. The molecule has 1 rings (SSSR count). The van der Waals surface area contributed by atoms with Crippen molar-refractivity contribution in [1.29, 1.82) is 0 Å². The zero-order chi connectivity index (χ0) is 8.27. The Morgan fingerprint density at radius 2 is 2.36 bits per heavy atom. The molecule has 0 saturated carbocycles. The molecule has 1 aromatic rings. The lowest BCUT2D eigenvalue weighted by atomic mass is 10.2. The number of halogens is 1. The first-order chi connectivity index (χ1) is 5.24. The van der Waals surface area contributed by atoms with Gasteiger partial charge in [0, 0.05) is 12.7 Å². The van der Waals surface area contributed by atoms with Gasteiger partial charge in [0.15, 0.2) is 0 Å². The van der Waals surface area contributed by atoms with Gasteiger partial charge in [-0.1, -0.05) is 11.6 Å². The van der Waals surface area contributed by atoms with E-state index in [0.717, 1.165) is 0 Å². The molecule has 0 spiro atoms. The van der Waals surface area contributed by atoms with Crippen molar-refractivity contribution in [3.8, 4) is 0 Å². The molecule has 0 saturated heterocycles. The molecular formula is C7H9ClN2O. The van der Waals surface area contributed by atoms with Crippen molar-refractivity contribution in [3.05, 3.63) is 29.0 Å². The molecule has 11 heavy (non-hydrogen) atoms. The Labute approximate surface area is 69.8 Å². The third-order valence-electron chi connectivity index (χ3n) is 1.31. The summed E-state index contributed by atoms with van der Waals surface area (Å²) in [6.45, 7) is 0.175. The van der Waals surface area contributed by atoms with Crippen molar-refractivity contribution < 1.29 is 5.11 Å². The summed E-state index contributed by atoms with van der Waals surface area (Å²) in [6.07, 6.45) is 0.794. The zero-order valence-corrected chi connectivity index (χ0v) is 6.62. The molecule has 1 aromatic heterocycles. The van der Waals surface area contributed by atoms with Crippen LogP contribution in [0.2, 0.25) is 5.02 Å². The molecule has 1 heterocycles. The first-order valence-electron chi connectivity index (χ1n) is 3.23. The number of pyridine rings is 1. The highest BCUT2D eigenvalue weighted by molar-refractivity contribution is 6.30. The van der Waals surface area contributed by atoms with Crippen LogP contribution in [0.25, 0.3) is 0 Å². The van der Waals surface area contributed by atoms with E-state index in [1.165, 1.54) is 6.20 Å². The van der Waals surface area contributed by atoms with Gasteiger partial charge in [0.05, 0.1) is 10.7 Å². The predicted octanol–water partition coefficient (Wildman–Crippen LogP) is 0.727. The van der Waals surface area contributed by atoms with Gasteiger partial charge in [-0.25, -0.2) is 0 Å². The largest absolute Gasteiger partial charge is 0.385 e. The molecule has 60 valence electrons. The average molecular weight is 173 g/mol. The van der Waals surface area contributed by atoms with E-state index in [9.17, 15) is 5.11 Å². The molecule has 3 nitrogen and oxygen atoms in total. The normalized spacial score (nSPS) is 13.0. The Hall–Kier alpha value is -0.640. The first kappa shape index (κ1) is 8.46. The molecule has 0 radical (unpaired) electrons. The van der Waals surface area contributed by atoms with E-state index < -0.39 is 6.10 Å². The van der Waals surface area contributed by atoms with Gasteiger partial charge >= 0.3 is 0 Å². The van der Waals surface area contributed by atoms with Crippen LogP contribution in [0, 0.1) is 0 Å². The van der Waals surface area contributed by atoms with Crippen molar-refractivity contribution in [2.75, 3.05) is 6.54 Å². The maximum absolute atomic E-state index is 9.19. The molecule has 3 N–H and O–H groups in total. The van der Waals surface area contributed by atoms with E-state index in [1.54, 1.807) is 12.1 Å². The fraction of sp³-hybridized carbons (Fsp3) is 0.286. The summed E-state index contributed by atoms with van der Waals surface area (Å²) in [5.74, 6) is 0. The van der Waals surface area contributed by atoms with Gasteiger partial charge in [-0.15, -0.1) is 0 Å². The predicted molar refractivity (Wildman–Crippen MR) is 43.3 cm³/mol. The van der Waals surface area contributed by atoms with Gasteiger partial charge < -0.3 is 10.8 Å². The van der Waals surface area contributed by atoms with E-state index in [-0.39, 0.29) is 6.54 Å². The van der Waals surface area contributed by atoms with Gasteiger partial charge in [0.2, 0.25) is 0 Å². The summed E-state index contributed by atoms with van der Waals surface area (Å²) >= 11 is 5.58. The Morgan fingerprint density at radius 1 is 1.64 bits per heavy atom. The lowest BCUT2D eigenvalue weighted by Gasteiger charge is -2.05. The Morgan fingerprint density at radius 3 is 2.82 bits per heavy atom. The second-order valence-electron chi connectivity index (χ2n) is 2.15. The minimum Gasteiger partial charge on any atom is -0.385 e. The summed E-state index contributed by atoms with van der Waals surface area (Å²) in [4.78, 5) is 3.89. The second kappa shape index (κ2) is 3.67. The third-order valence-corrected chi connectivity index (χ3v) is 1.54. The third kappa shape index (κ3) is 2.15. The molecule has 0 unspecified atom stereocenters. The zero-order valence-electron chi connectivity index (χ0n) is 5.87. The van der Waals surface area contributed by atoms with Crippen LogP contribution in [0.4, 0.5) is 0 Å². The number of rotatable bonds is 2. The highest BCUT2D eigenvalue weighted by Crippen LogP contribution is 2.11. The van der Waals surface area contributed by atoms with E-state index in [0.29, 0.717) is 10.7 Å². The lowest BCUT2D eigenvalue weighted by molar-refractivity contribution is 0.182. The van der Waals surface area contributed by atoms with Crippen LogP contribution < -0.4 is 5.73 Å². The van der Waals surface area contributed by atoms with Crippen molar-refractivity contribution in [1.82, 2.24) is 4.98 Å². The van der Waals surface area contributed by atoms with E-state index in [1.807, 2.05) is 0 Å². The van der Waals surface area contributed by atoms with Crippen molar-refractivity contribution >= 4 is 11.6 Å². The number of nitrogens with two attached hydrogens (primary N) is 1. The highest BCUT2D eigenvalue weighted by atomic mass is 35.5. The maximum Gasteiger partial charge on any atom is 0.108 e. The van der Waals surface area contributed by atoms with Crippen LogP contribution in [-0.2, 0) is 0 Å². The molecule has 0 aliphatic carbocycles. The van der Waals surface area contributed by atoms with E-state index >= 15 is 0 Å². The maximum atomic E-state index is 9.19. The van der Waals surface area contributed by atoms with Gasteiger partial charge in [0.25, 0.3) is 0 Å². The van der Waals surface area contributed by atoms with Crippen LogP contribution in [0.15, 0.2) is 18.3 Å². The summed E-state index contributed by atoms with van der Waals surface area (Å²) < 4.78 is 0. The molecule has 0 aliphatic rings. The molecule has 4 heteroatoms. The Bertz CT molecular complexity index is 224. The molecule has 1 atom stereocenters. The lowest BCUT2D eigenvalue weighted by Crippen LogP contribution is -2.12. The SMILES string of the molecule is NC[C@@H](O)c1ccc(Cl)cn1.